The van der Waals surface area contributed by atoms with Crippen LogP contribution < -0.4 is 15.5 Å². The lowest BCUT2D eigenvalue weighted by Crippen LogP contribution is -2.60. The van der Waals surface area contributed by atoms with Crippen LogP contribution in [-0.4, -0.2) is 68.7 Å². The number of rotatable bonds is 6. The zero-order valence-electron chi connectivity index (χ0n) is 20.0. The third-order valence-electron chi connectivity index (χ3n) is 7.31. The summed E-state index contributed by atoms with van der Waals surface area (Å²) in [4.78, 5) is 21.2. The first-order chi connectivity index (χ1) is 15.7. The van der Waals surface area contributed by atoms with E-state index in [9.17, 15) is 4.79 Å². The number of hydrogen-bond donors (Lipinski definition) is 2. The molecule has 1 aromatic rings. The highest BCUT2D eigenvalue weighted by molar-refractivity contribution is 14.0. The van der Waals surface area contributed by atoms with Gasteiger partial charge in [0.05, 0.1) is 13.2 Å². The van der Waals surface area contributed by atoms with Crippen LogP contribution in [0.15, 0.2) is 29.3 Å². The Morgan fingerprint density at radius 1 is 1.00 bits per heavy atom. The quantitative estimate of drug-likeness (QED) is 0.312. The van der Waals surface area contributed by atoms with E-state index in [1.165, 1.54) is 37.7 Å². The maximum Gasteiger partial charge on any atom is 0.226 e. The van der Waals surface area contributed by atoms with Gasteiger partial charge >= 0.3 is 0 Å². The van der Waals surface area contributed by atoms with E-state index in [1.807, 2.05) is 11.9 Å². The van der Waals surface area contributed by atoms with Crippen molar-refractivity contribution in [1.82, 2.24) is 15.5 Å². The number of benzene rings is 1. The molecule has 0 spiro atoms. The maximum atomic E-state index is 12.2. The summed E-state index contributed by atoms with van der Waals surface area (Å²) < 4.78 is 5.60. The highest BCUT2D eigenvalue weighted by Crippen LogP contribution is 2.33. The molecule has 7 nitrogen and oxygen atoms in total. The van der Waals surface area contributed by atoms with Crippen molar-refractivity contribution in [2.24, 2.45) is 4.99 Å². The summed E-state index contributed by atoms with van der Waals surface area (Å²) in [7, 11) is 1.84. The molecule has 1 amide bonds. The maximum absolute atomic E-state index is 12.2. The van der Waals surface area contributed by atoms with Crippen LogP contribution in [0.25, 0.3) is 0 Å². The zero-order valence-corrected chi connectivity index (χ0v) is 22.3. The van der Waals surface area contributed by atoms with Crippen LogP contribution >= 0.6 is 24.0 Å². The van der Waals surface area contributed by atoms with Crippen molar-refractivity contribution in [3.05, 3.63) is 29.8 Å². The molecular formula is C25H40IN5O2. The van der Waals surface area contributed by atoms with Crippen LogP contribution in [0.3, 0.4) is 0 Å². The standard InChI is InChI=1S/C25H39N5O2.HI/c1-26-24(28-20-25(12-4-2-5-13-25)29-15-17-32-18-16-29)27-19-21-8-10-22(11-9-21)30-14-6-3-7-23(30)31;/h8-11H,2-7,12-20H2,1H3,(H2,26,27,28);1H. The lowest BCUT2D eigenvalue weighted by Gasteiger charge is -2.48. The molecule has 1 saturated carbocycles. The van der Waals surface area contributed by atoms with E-state index >= 15 is 0 Å². The minimum atomic E-state index is 0. The van der Waals surface area contributed by atoms with E-state index in [0.29, 0.717) is 13.0 Å². The number of halogens is 1. The summed E-state index contributed by atoms with van der Waals surface area (Å²) in [5.41, 5.74) is 2.40. The highest BCUT2D eigenvalue weighted by Gasteiger charge is 2.38. The molecule has 1 aliphatic carbocycles. The molecular weight excluding hydrogens is 529 g/mol. The number of nitrogens with one attached hydrogen (secondary N) is 2. The molecule has 0 atom stereocenters. The Morgan fingerprint density at radius 2 is 1.73 bits per heavy atom. The Kier molecular flexibility index (Phi) is 10.2. The highest BCUT2D eigenvalue weighted by atomic mass is 127. The molecule has 0 bridgehead atoms. The summed E-state index contributed by atoms with van der Waals surface area (Å²) in [6, 6.07) is 8.33. The second-order valence-corrected chi connectivity index (χ2v) is 9.33. The molecule has 2 saturated heterocycles. The molecule has 0 unspecified atom stereocenters. The van der Waals surface area contributed by atoms with Gasteiger partial charge < -0.3 is 20.3 Å². The first kappa shape index (κ1) is 26.2. The molecule has 0 radical (unpaired) electrons. The monoisotopic (exact) mass is 569 g/mol. The van der Waals surface area contributed by atoms with Gasteiger partial charge in [0.15, 0.2) is 5.96 Å². The fourth-order valence-electron chi connectivity index (χ4n) is 5.38. The van der Waals surface area contributed by atoms with Crippen LogP contribution in [0.2, 0.25) is 0 Å². The molecule has 4 rings (SSSR count). The van der Waals surface area contributed by atoms with Gasteiger partial charge in [0.2, 0.25) is 5.91 Å². The van der Waals surface area contributed by atoms with Crippen LogP contribution in [0.5, 0.6) is 0 Å². The molecule has 3 fully saturated rings. The van der Waals surface area contributed by atoms with E-state index < -0.39 is 0 Å². The number of amides is 1. The van der Waals surface area contributed by atoms with Crippen molar-refractivity contribution < 1.29 is 9.53 Å². The van der Waals surface area contributed by atoms with Gasteiger partial charge in [-0.05, 0) is 43.4 Å². The second-order valence-electron chi connectivity index (χ2n) is 9.33. The van der Waals surface area contributed by atoms with E-state index in [-0.39, 0.29) is 35.4 Å². The summed E-state index contributed by atoms with van der Waals surface area (Å²) in [6.07, 6.45) is 9.20. The Morgan fingerprint density at radius 3 is 2.39 bits per heavy atom. The lowest BCUT2D eigenvalue weighted by molar-refractivity contribution is -0.119. The Balaban J connectivity index is 0.00000306. The van der Waals surface area contributed by atoms with Crippen molar-refractivity contribution in [1.29, 1.82) is 0 Å². The number of aliphatic imine (C=N–C) groups is 1. The van der Waals surface area contributed by atoms with E-state index in [2.05, 4.69) is 44.8 Å². The molecule has 2 aliphatic heterocycles. The predicted octanol–water partition coefficient (Wildman–Crippen LogP) is 3.52. The summed E-state index contributed by atoms with van der Waals surface area (Å²) in [5, 5.41) is 7.09. The van der Waals surface area contributed by atoms with Crippen molar-refractivity contribution in [3.8, 4) is 0 Å². The van der Waals surface area contributed by atoms with E-state index in [0.717, 1.165) is 63.9 Å². The summed E-state index contributed by atoms with van der Waals surface area (Å²) in [6.45, 7) is 6.19. The van der Waals surface area contributed by atoms with Crippen LogP contribution in [0, 0.1) is 0 Å². The first-order valence-corrected chi connectivity index (χ1v) is 12.4. The Labute approximate surface area is 215 Å². The predicted molar refractivity (Wildman–Crippen MR) is 144 cm³/mol. The second kappa shape index (κ2) is 12.9. The fraction of sp³-hybridized carbons (Fsp3) is 0.680. The largest absolute Gasteiger partial charge is 0.379 e. The average Bonchev–Trinajstić information content (AvgIpc) is 2.86. The van der Waals surface area contributed by atoms with Crippen molar-refractivity contribution in [2.45, 2.75) is 63.5 Å². The number of ether oxygens (including phenoxy) is 1. The van der Waals surface area contributed by atoms with Crippen LogP contribution in [-0.2, 0) is 16.1 Å². The topological polar surface area (TPSA) is 69.2 Å². The first-order valence-electron chi connectivity index (χ1n) is 12.4. The molecule has 2 N–H and O–H groups in total. The van der Waals surface area contributed by atoms with Gasteiger partial charge in [-0.25, -0.2) is 0 Å². The van der Waals surface area contributed by atoms with Crippen LogP contribution in [0.4, 0.5) is 5.69 Å². The molecule has 184 valence electrons. The minimum Gasteiger partial charge on any atom is -0.379 e. The summed E-state index contributed by atoms with van der Waals surface area (Å²) >= 11 is 0. The SMILES string of the molecule is CN=C(NCc1ccc(N2CCCCC2=O)cc1)NCC1(N2CCOCC2)CCCCC1.I. The molecule has 0 aromatic heterocycles. The molecule has 8 heteroatoms. The van der Waals surface area contributed by atoms with Crippen LogP contribution in [0.1, 0.15) is 56.9 Å². The van der Waals surface area contributed by atoms with Crippen molar-refractivity contribution in [2.75, 3.05) is 51.3 Å². The molecule has 2 heterocycles. The fourth-order valence-corrected chi connectivity index (χ4v) is 5.38. The molecule has 1 aromatic carbocycles. The normalized spacial score (nSPS) is 21.9. The average molecular weight is 570 g/mol. The Bertz CT molecular complexity index is 774. The number of carbonyl (C=O) groups excluding carboxylic acids is 1. The number of piperidine rings is 1. The summed E-state index contributed by atoms with van der Waals surface area (Å²) in [5.74, 6) is 1.09. The van der Waals surface area contributed by atoms with E-state index in [1.54, 1.807) is 0 Å². The van der Waals surface area contributed by atoms with Gasteiger partial charge in [0, 0.05) is 57.4 Å². The number of carbonyl (C=O) groups is 1. The number of hydrogen-bond acceptors (Lipinski definition) is 4. The zero-order chi connectivity index (χ0) is 22.2. The van der Waals surface area contributed by atoms with Gasteiger partial charge in [0.25, 0.3) is 0 Å². The van der Waals surface area contributed by atoms with Gasteiger partial charge in [0.1, 0.15) is 0 Å². The van der Waals surface area contributed by atoms with Crippen molar-refractivity contribution in [3.63, 3.8) is 0 Å². The minimum absolute atomic E-state index is 0. The Hall–Kier alpha value is -1.39. The lowest BCUT2D eigenvalue weighted by atomic mass is 9.80. The number of nitrogens with zero attached hydrogens (tertiary/aromatic N) is 3. The molecule has 33 heavy (non-hydrogen) atoms. The van der Waals surface area contributed by atoms with Crippen molar-refractivity contribution >= 4 is 41.5 Å². The third-order valence-corrected chi connectivity index (χ3v) is 7.31. The number of anilines is 1. The number of morpholine rings is 1. The van der Waals surface area contributed by atoms with Gasteiger partial charge in [-0.3, -0.25) is 14.7 Å². The van der Waals surface area contributed by atoms with Gasteiger partial charge in [-0.2, -0.15) is 0 Å². The number of guanidine groups is 1. The third kappa shape index (κ3) is 6.82. The van der Waals surface area contributed by atoms with Gasteiger partial charge in [-0.1, -0.05) is 31.4 Å². The molecule has 3 aliphatic rings. The smallest absolute Gasteiger partial charge is 0.226 e. The van der Waals surface area contributed by atoms with E-state index in [4.69, 9.17) is 4.74 Å². The van der Waals surface area contributed by atoms with Gasteiger partial charge in [-0.15, -0.1) is 24.0 Å².